The Hall–Kier alpha value is -1.09. The summed E-state index contributed by atoms with van der Waals surface area (Å²) in [5, 5.41) is 3.19. The zero-order chi connectivity index (χ0) is 12.7. The van der Waals surface area contributed by atoms with Gasteiger partial charge in [0, 0.05) is 31.4 Å². The Bertz CT molecular complexity index is 339. The Morgan fingerprint density at radius 3 is 2.71 bits per heavy atom. The number of nitrogens with zero attached hydrogens (tertiary/aromatic N) is 1. The molecular formula is C14H23FN2. The SMILES string of the molecule is CCCCN(C)c1cccc(F)c1CNCC. The standard InChI is InChI=1S/C14H23FN2/c1-4-6-10-17(3)14-9-7-8-13(15)12(14)11-16-5-2/h7-9,16H,4-6,10-11H2,1-3H3. The van der Waals surface area contributed by atoms with Crippen LogP contribution in [0.1, 0.15) is 32.3 Å². The van der Waals surface area contributed by atoms with E-state index in [9.17, 15) is 4.39 Å². The van der Waals surface area contributed by atoms with Gasteiger partial charge in [-0.2, -0.15) is 0 Å². The van der Waals surface area contributed by atoms with Crippen molar-refractivity contribution in [3.8, 4) is 0 Å². The lowest BCUT2D eigenvalue weighted by Gasteiger charge is -2.22. The van der Waals surface area contributed by atoms with Crippen LogP contribution in [0.15, 0.2) is 18.2 Å². The van der Waals surface area contributed by atoms with Crippen LogP contribution in [0.3, 0.4) is 0 Å². The fourth-order valence-corrected chi connectivity index (χ4v) is 1.85. The molecule has 2 nitrogen and oxygen atoms in total. The van der Waals surface area contributed by atoms with Crippen molar-refractivity contribution < 1.29 is 4.39 Å². The number of unbranched alkanes of at least 4 members (excludes halogenated alkanes) is 1. The summed E-state index contributed by atoms with van der Waals surface area (Å²) in [6.07, 6.45) is 2.29. The van der Waals surface area contributed by atoms with Gasteiger partial charge in [0.1, 0.15) is 5.82 Å². The fraction of sp³-hybridized carbons (Fsp3) is 0.571. The molecule has 0 spiro atoms. The van der Waals surface area contributed by atoms with E-state index in [-0.39, 0.29) is 5.82 Å². The largest absolute Gasteiger partial charge is 0.374 e. The van der Waals surface area contributed by atoms with Crippen LogP contribution in [0.4, 0.5) is 10.1 Å². The second kappa shape index (κ2) is 7.28. The molecule has 1 N–H and O–H groups in total. The number of halogens is 1. The van der Waals surface area contributed by atoms with Gasteiger partial charge in [-0.05, 0) is 25.1 Å². The van der Waals surface area contributed by atoms with E-state index in [4.69, 9.17) is 0 Å². The third-order valence-electron chi connectivity index (χ3n) is 2.90. The van der Waals surface area contributed by atoms with Crippen LogP contribution in [0.5, 0.6) is 0 Å². The van der Waals surface area contributed by atoms with Gasteiger partial charge in [-0.3, -0.25) is 0 Å². The maximum absolute atomic E-state index is 13.8. The van der Waals surface area contributed by atoms with Crippen molar-refractivity contribution in [2.24, 2.45) is 0 Å². The Morgan fingerprint density at radius 2 is 2.06 bits per heavy atom. The molecule has 0 atom stereocenters. The molecule has 0 aliphatic carbocycles. The van der Waals surface area contributed by atoms with Crippen LogP contribution in [-0.2, 0) is 6.54 Å². The zero-order valence-corrected chi connectivity index (χ0v) is 11.1. The lowest BCUT2D eigenvalue weighted by atomic mass is 10.1. The lowest BCUT2D eigenvalue weighted by Crippen LogP contribution is -2.22. The summed E-state index contributed by atoms with van der Waals surface area (Å²) in [7, 11) is 2.03. The van der Waals surface area contributed by atoms with Gasteiger partial charge in [-0.25, -0.2) is 4.39 Å². The molecule has 0 fully saturated rings. The van der Waals surface area contributed by atoms with E-state index in [1.54, 1.807) is 6.07 Å². The van der Waals surface area contributed by atoms with Crippen molar-refractivity contribution in [3.63, 3.8) is 0 Å². The molecule has 0 radical (unpaired) electrons. The summed E-state index contributed by atoms with van der Waals surface area (Å²) in [6.45, 7) is 6.61. The molecule has 0 bridgehead atoms. The average Bonchev–Trinajstić information content (AvgIpc) is 2.34. The maximum atomic E-state index is 13.8. The predicted molar refractivity (Wildman–Crippen MR) is 72.0 cm³/mol. The molecule has 0 amide bonds. The van der Waals surface area contributed by atoms with Crippen LogP contribution < -0.4 is 10.2 Å². The van der Waals surface area contributed by atoms with Crippen LogP contribution in [-0.4, -0.2) is 20.1 Å². The van der Waals surface area contributed by atoms with E-state index in [0.717, 1.165) is 37.2 Å². The Morgan fingerprint density at radius 1 is 1.29 bits per heavy atom. The van der Waals surface area contributed by atoms with Crippen molar-refractivity contribution in [2.45, 2.75) is 33.2 Å². The topological polar surface area (TPSA) is 15.3 Å². The molecule has 0 saturated carbocycles. The van der Waals surface area contributed by atoms with Gasteiger partial charge in [-0.1, -0.05) is 26.3 Å². The quantitative estimate of drug-likeness (QED) is 0.785. The third-order valence-corrected chi connectivity index (χ3v) is 2.90. The Kier molecular flexibility index (Phi) is 5.98. The van der Waals surface area contributed by atoms with Crippen LogP contribution in [0.2, 0.25) is 0 Å². The second-order valence-electron chi connectivity index (χ2n) is 4.29. The normalized spacial score (nSPS) is 10.6. The number of anilines is 1. The first-order valence-electron chi connectivity index (χ1n) is 6.39. The predicted octanol–water partition coefficient (Wildman–Crippen LogP) is 3.17. The van der Waals surface area contributed by atoms with Crippen molar-refractivity contribution in [3.05, 3.63) is 29.6 Å². The molecular weight excluding hydrogens is 215 g/mol. The van der Waals surface area contributed by atoms with Gasteiger partial charge in [0.25, 0.3) is 0 Å². The molecule has 0 heterocycles. The van der Waals surface area contributed by atoms with Crippen molar-refractivity contribution in [1.29, 1.82) is 0 Å². The highest BCUT2D eigenvalue weighted by Gasteiger charge is 2.10. The van der Waals surface area contributed by atoms with Gasteiger partial charge >= 0.3 is 0 Å². The molecule has 0 saturated heterocycles. The molecule has 0 aliphatic heterocycles. The molecule has 0 aliphatic rings. The Labute approximate surface area is 104 Å². The van der Waals surface area contributed by atoms with E-state index in [1.807, 2.05) is 20.0 Å². The molecule has 96 valence electrons. The van der Waals surface area contributed by atoms with E-state index < -0.39 is 0 Å². The van der Waals surface area contributed by atoms with Crippen molar-refractivity contribution >= 4 is 5.69 Å². The monoisotopic (exact) mass is 238 g/mol. The highest BCUT2D eigenvalue weighted by atomic mass is 19.1. The van der Waals surface area contributed by atoms with E-state index in [1.165, 1.54) is 6.07 Å². The van der Waals surface area contributed by atoms with Crippen molar-refractivity contribution in [2.75, 3.05) is 25.0 Å². The molecule has 1 aromatic rings. The highest BCUT2D eigenvalue weighted by molar-refractivity contribution is 5.53. The Balaban J connectivity index is 2.84. The van der Waals surface area contributed by atoms with Gasteiger partial charge < -0.3 is 10.2 Å². The third kappa shape index (κ3) is 4.00. The number of hydrogen-bond acceptors (Lipinski definition) is 2. The summed E-state index contributed by atoms with van der Waals surface area (Å²) >= 11 is 0. The minimum atomic E-state index is -0.119. The number of hydrogen-bond donors (Lipinski definition) is 1. The van der Waals surface area contributed by atoms with E-state index in [2.05, 4.69) is 17.1 Å². The first-order valence-corrected chi connectivity index (χ1v) is 6.39. The maximum Gasteiger partial charge on any atom is 0.129 e. The molecule has 1 rings (SSSR count). The van der Waals surface area contributed by atoms with Crippen LogP contribution in [0.25, 0.3) is 0 Å². The minimum Gasteiger partial charge on any atom is -0.374 e. The summed E-state index contributed by atoms with van der Waals surface area (Å²) in [6, 6.07) is 5.30. The second-order valence-corrected chi connectivity index (χ2v) is 4.29. The molecule has 17 heavy (non-hydrogen) atoms. The fourth-order valence-electron chi connectivity index (χ4n) is 1.85. The summed E-state index contributed by atoms with van der Waals surface area (Å²) in [5.41, 5.74) is 1.77. The van der Waals surface area contributed by atoms with Crippen molar-refractivity contribution in [1.82, 2.24) is 5.32 Å². The van der Waals surface area contributed by atoms with Crippen LogP contribution >= 0.6 is 0 Å². The zero-order valence-electron chi connectivity index (χ0n) is 11.1. The lowest BCUT2D eigenvalue weighted by molar-refractivity contribution is 0.591. The smallest absolute Gasteiger partial charge is 0.129 e. The first-order chi connectivity index (χ1) is 8.20. The molecule has 0 unspecified atom stereocenters. The van der Waals surface area contributed by atoms with Gasteiger partial charge in [0.05, 0.1) is 0 Å². The minimum absolute atomic E-state index is 0.119. The number of nitrogens with one attached hydrogen (secondary N) is 1. The van der Waals surface area contributed by atoms with E-state index >= 15 is 0 Å². The highest BCUT2D eigenvalue weighted by Crippen LogP contribution is 2.22. The summed E-state index contributed by atoms with van der Waals surface area (Å²) in [5.74, 6) is -0.119. The molecule has 1 aromatic carbocycles. The molecule has 3 heteroatoms. The first kappa shape index (κ1) is 14.0. The average molecular weight is 238 g/mol. The summed E-state index contributed by atoms with van der Waals surface area (Å²) in [4.78, 5) is 2.14. The van der Waals surface area contributed by atoms with Gasteiger partial charge in [0.2, 0.25) is 0 Å². The van der Waals surface area contributed by atoms with Crippen LogP contribution in [0, 0.1) is 5.82 Å². The summed E-state index contributed by atoms with van der Waals surface area (Å²) < 4.78 is 13.8. The molecule has 0 aromatic heterocycles. The van der Waals surface area contributed by atoms with Gasteiger partial charge in [-0.15, -0.1) is 0 Å². The van der Waals surface area contributed by atoms with Gasteiger partial charge in [0.15, 0.2) is 0 Å². The van der Waals surface area contributed by atoms with E-state index in [0.29, 0.717) is 6.54 Å². The number of benzene rings is 1. The number of rotatable bonds is 7.